The quantitative estimate of drug-likeness (QED) is 0.518. The summed E-state index contributed by atoms with van der Waals surface area (Å²) in [6, 6.07) is 17.2. The van der Waals surface area contributed by atoms with Crippen LogP contribution in [-0.2, 0) is 13.1 Å². The zero-order valence-corrected chi connectivity index (χ0v) is 18.0. The first-order valence-electron chi connectivity index (χ1n) is 10.3. The molecule has 0 saturated carbocycles. The van der Waals surface area contributed by atoms with Crippen molar-refractivity contribution in [2.24, 2.45) is 0 Å². The van der Waals surface area contributed by atoms with Crippen molar-refractivity contribution in [3.05, 3.63) is 111 Å². The number of nitrogens with zero attached hydrogens (tertiary/aromatic N) is 2. The Bertz CT molecular complexity index is 1290. The number of carbonyl (C=O) groups excluding carboxylic acids is 1. The van der Waals surface area contributed by atoms with Crippen molar-refractivity contribution in [1.29, 1.82) is 0 Å². The number of aryl methyl sites for hydroxylation is 3. The molecule has 2 heterocycles. The summed E-state index contributed by atoms with van der Waals surface area (Å²) >= 11 is 0. The van der Waals surface area contributed by atoms with Crippen LogP contribution in [0.1, 0.15) is 38.2 Å². The van der Waals surface area contributed by atoms with Gasteiger partial charge in [-0.05, 0) is 61.7 Å². The first-order valence-corrected chi connectivity index (χ1v) is 10.3. The minimum absolute atomic E-state index is 0.121. The Morgan fingerprint density at radius 3 is 2.42 bits per heavy atom. The van der Waals surface area contributed by atoms with Gasteiger partial charge in [-0.1, -0.05) is 35.9 Å². The molecule has 0 bridgehead atoms. The van der Waals surface area contributed by atoms with Crippen LogP contribution in [0, 0.1) is 20.8 Å². The summed E-state index contributed by atoms with van der Waals surface area (Å²) in [5, 5.41) is 0.999. The van der Waals surface area contributed by atoms with Crippen LogP contribution in [0.4, 0.5) is 0 Å². The van der Waals surface area contributed by atoms with Gasteiger partial charge >= 0.3 is 0 Å². The van der Waals surface area contributed by atoms with Gasteiger partial charge in [-0.15, -0.1) is 0 Å². The Morgan fingerprint density at radius 1 is 0.968 bits per heavy atom. The molecular formula is C26H25N3O2. The number of pyridine rings is 2. The van der Waals surface area contributed by atoms with Crippen molar-refractivity contribution >= 4 is 16.8 Å². The van der Waals surface area contributed by atoms with E-state index in [1.165, 1.54) is 0 Å². The molecule has 2 aromatic heterocycles. The maximum atomic E-state index is 13.4. The second-order valence-electron chi connectivity index (χ2n) is 8.00. The lowest BCUT2D eigenvalue weighted by Crippen LogP contribution is -2.32. The highest BCUT2D eigenvalue weighted by Crippen LogP contribution is 2.21. The van der Waals surface area contributed by atoms with Gasteiger partial charge in [0.25, 0.3) is 11.5 Å². The molecule has 0 fully saturated rings. The topological polar surface area (TPSA) is 66.1 Å². The van der Waals surface area contributed by atoms with Crippen LogP contribution < -0.4 is 5.56 Å². The summed E-state index contributed by atoms with van der Waals surface area (Å²) < 4.78 is 0. The number of rotatable bonds is 5. The molecule has 5 heteroatoms. The monoisotopic (exact) mass is 411 g/mol. The van der Waals surface area contributed by atoms with Crippen molar-refractivity contribution < 1.29 is 4.79 Å². The molecule has 0 unspecified atom stereocenters. The van der Waals surface area contributed by atoms with E-state index in [4.69, 9.17) is 0 Å². The zero-order valence-electron chi connectivity index (χ0n) is 18.0. The first-order chi connectivity index (χ1) is 14.9. The number of benzene rings is 2. The van der Waals surface area contributed by atoms with Crippen LogP contribution in [0.2, 0.25) is 0 Å². The number of carbonyl (C=O) groups is 1. The van der Waals surface area contributed by atoms with Crippen molar-refractivity contribution in [3.8, 4) is 0 Å². The number of hydrogen-bond acceptors (Lipinski definition) is 3. The van der Waals surface area contributed by atoms with Gasteiger partial charge in [-0.25, -0.2) is 0 Å². The lowest BCUT2D eigenvalue weighted by Gasteiger charge is -2.23. The Morgan fingerprint density at radius 2 is 1.71 bits per heavy atom. The lowest BCUT2D eigenvalue weighted by molar-refractivity contribution is 0.0729. The minimum Gasteiger partial charge on any atom is -0.330 e. The van der Waals surface area contributed by atoms with Crippen molar-refractivity contribution in [2.45, 2.75) is 33.9 Å². The number of aromatic nitrogens is 2. The summed E-state index contributed by atoms with van der Waals surface area (Å²) in [5.74, 6) is -0.121. The Labute approximate surface area is 181 Å². The molecule has 0 radical (unpaired) electrons. The van der Waals surface area contributed by atoms with E-state index in [9.17, 15) is 9.59 Å². The highest BCUT2D eigenvalue weighted by molar-refractivity contribution is 5.94. The van der Waals surface area contributed by atoms with Gasteiger partial charge in [0.05, 0.1) is 12.1 Å². The third kappa shape index (κ3) is 4.40. The summed E-state index contributed by atoms with van der Waals surface area (Å²) in [6.45, 7) is 6.56. The minimum atomic E-state index is -0.172. The fourth-order valence-electron chi connectivity index (χ4n) is 3.73. The smallest absolute Gasteiger partial charge is 0.254 e. The summed E-state index contributed by atoms with van der Waals surface area (Å²) in [6.07, 6.45) is 3.45. The van der Waals surface area contributed by atoms with E-state index < -0.39 is 0 Å². The van der Waals surface area contributed by atoms with Gasteiger partial charge in [0, 0.05) is 35.5 Å². The molecule has 156 valence electrons. The van der Waals surface area contributed by atoms with Gasteiger partial charge in [-0.2, -0.15) is 0 Å². The molecule has 0 spiro atoms. The van der Waals surface area contributed by atoms with Crippen LogP contribution in [0.3, 0.4) is 0 Å². The Balaban J connectivity index is 1.74. The number of nitrogens with one attached hydrogen (secondary N) is 1. The van der Waals surface area contributed by atoms with E-state index in [-0.39, 0.29) is 18.0 Å². The Hall–Kier alpha value is -3.73. The number of fused-ring (bicyclic) bond motifs is 1. The lowest BCUT2D eigenvalue weighted by atomic mass is 10.0. The standard InChI is InChI=1S/C26H25N3O2/c1-17-6-10-21(11-7-17)26(31)29(15-20-5-4-12-27-14-20)16-22-13-23-18(2)8-9-19(3)24(23)28-25(22)30/h4-14H,15-16H2,1-3H3,(H,28,30). The van der Waals surface area contributed by atoms with Gasteiger partial charge in [0.2, 0.25) is 0 Å². The van der Waals surface area contributed by atoms with Crippen molar-refractivity contribution in [2.75, 3.05) is 0 Å². The molecule has 4 aromatic rings. The van der Waals surface area contributed by atoms with Gasteiger partial charge in [0.15, 0.2) is 0 Å². The number of H-pyrrole nitrogens is 1. The maximum absolute atomic E-state index is 13.4. The van der Waals surface area contributed by atoms with Gasteiger partial charge < -0.3 is 9.88 Å². The van der Waals surface area contributed by atoms with E-state index >= 15 is 0 Å². The predicted octanol–water partition coefficient (Wildman–Crippen LogP) is 4.69. The van der Waals surface area contributed by atoms with Crippen LogP contribution >= 0.6 is 0 Å². The van der Waals surface area contributed by atoms with Crippen LogP contribution in [0.15, 0.2) is 71.8 Å². The highest BCUT2D eigenvalue weighted by Gasteiger charge is 2.19. The molecule has 2 aromatic carbocycles. The molecule has 4 rings (SSSR count). The zero-order chi connectivity index (χ0) is 22.0. The third-order valence-corrected chi connectivity index (χ3v) is 5.56. The summed E-state index contributed by atoms with van der Waals surface area (Å²) in [5.41, 5.74) is 5.93. The largest absolute Gasteiger partial charge is 0.330 e. The molecule has 0 saturated heterocycles. The van der Waals surface area contributed by atoms with Gasteiger partial charge in [-0.3, -0.25) is 14.6 Å². The molecule has 0 aliphatic rings. The molecule has 5 nitrogen and oxygen atoms in total. The molecule has 0 aliphatic heterocycles. The fourth-order valence-corrected chi connectivity index (χ4v) is 3.73. The number of hydrogen-bond donors (Lipinski definition) is 1. The molecule has 31 heavy (non-hydrogen) atoms. The third-order valence-electron chi connectivity index (χ3n) is 5.56. The van der Waals surface area contributed by atoms with E-state index in [1.54, 1.807) is 17.3 Å². The molecule has 1 N–H and O–H groups in total. The second kappa shape index (κ2) is 8.56. The van der Waals surface area contributed by atoms with E-state index in [0.717, 1.165) is 33.2 Å². The fraction of sp³-hybridized carbons (Fsp3) is 0.192. The first kappa shape index (κ1) is 20.5. The average Bonchev–Trinajstić information content (AvgIpc) is 2.77. The molecule has 0 atom stereocenters. The summed E-state index contributed by atoms with van der Waals surface area (Å²) in [7, 11) is 0. The average molecular weight is 412 g/mol. The van der Waals surface area contributed by atoms with Crippen molar-refractivity contribution in [3.63, 3.8) is 0 Å². The number of aromatic amines is 1. The second-order valence-corrected chi connectivity index (χ2v) is 8.00. The van der Waals surface area contributed by atoms with E-state index in [0.29, 0.717) is 17.7 Å². The molecular weight excluding hydrogens is 386 g/mol. The normalized spacial score (nSPS) is 10.9. The van der Waals surface area contributed by atoms with E-state index in [2.05, 4.69) is 9.97 Å². The summed E-state index contributed by atoms with van der Waals surface area (Å²) in [4.78, 5) is 35.1. The molecule has 1 amide bonds. The van der Waals surface area contributed by atoms with Gasteiger partial charge in [0.1, 0.15) is 0 Å². The maximum Gasteiger partial charge on any atom is 0.254 e. The van der Waals surface area contributed by atoms with E-state index in [1.807, 2.05) is 75.4 Å². The SMILES string of the molecule is Cc1ccc(C(=O)N(Cc2cccnc2)Cc2cc3c(C)ccc(C)c3[nH]c2=O)cc1. The van der Waals surface area contributed by atoms with Crippen LogP contribution in [-0.4, -0.2) is 20.8 Å². The van der Waals surface area contributed by atoms with Crippen molar-refractivity contribution in [1.82, 2.24) is 14.9 Å². The molecule has 0 aliphatic carbocycles. The predicted molar refractivity (Wildman–Crippen MR) is 123 cm³/mol. The highest BCUT2D eigenvalue weighted by atomic mass is 16.2. The van der Waals surface area contributed by atoms with Crippen LogP contribution in [0.5, 0.6) is 0 Å². The number of amides is 1. The Kier molecular flexibility index (Phi) is 5.67. The van der Waals surface area contributed by atoms with Crippen LogP contribution in [0.25, 0.3) is 10.9 Å².